The van der Waals surface area contributed by atoms with E-state index in [-0.39, 0.29) is 30.0 Å². The number of rotatable bonds is 6. The fraction of sp³-hybridized carbons (Fsp3) is 0.167. The molecule has 0 atom stereocenters. The Labute approximate surface area is 172 Å². The zero-order valence-corrected chi connectivity index (χ0v) is 17.4. The van der Waals surface area contributed by atoms with Gasteiger partial charge < -0.3 is 9.73 Å². The molecule has 1 N–H and O–H groups in total. The Morgan fingerprint density at radius 1 is 1.26 bits per heavy atom. The van der Waals surface area contributed by atoms with E-state index in [9.17, 15) is 14.4 Å². The lowest BCUT2D eigenvalue weighted by Crippen LogP contribution is -2.37. The molecule has 2 heterocycles. The summed E-state index contributed by atoms with van der Waals surface area (Å²) in [7, 11) is 0. The number of nitrogens with zero attached hydrogens (tertiary/aromatic N) is 1. The Kier molecular flexibility index (Phi) is 6.46. The summed E-state index contributed by atoms with van der Waals surface area (Å²) < 4.78 is 5.61. The van der Waals surface area contributed by atoms with Crippen LogP contribution in [0.5, 0.6) is 0 Å². The second-order valence-electron chi connectivity index (χ2n) is 5.47. The van der Waals surface area contributed by atoms with Crippen molar-refractivity contribution in [3.05, 3.63) is 57.3 Å². The van der Waals surface area contributed by atoms with Crippen LogP contribution < -0.4 is 5.32 Å². The highest BCUT2D eigenvalue weighted by Gasteiger charge is 2.34. The Morgan fingerprint density at radius 3 is 2.63 bits per heavy atom. The van der Waals surface area contributed by atoms with Gasteiger partial charge in [-0.05, 0) is 69.9 Å². The Morgan fingerprint density at radius 2 is 2.00 bits per heavy atom. The highest BCUT2D eigenvalue weighted by atomic mass is 79.9. The SMILES string of the molecule is CSc1ccc(C=C2SC(=O)N(CCNC(=O)c3ccc(Br)o3)C2=O)cc1. The first-order valence-electron chi connectivity index (χ1n) is 7.91. The largest absolute Gasteiger partial charge is 0.444 e. The smallest absolute Gasteiger partial charge is 0.293 e. The number of carbonyl (C=O) groups is 3. The first-order valence-corrected chi connectivity index (χ1v) is 10.7. The number of furan rings is 1. The van der Waals surface area contributed by atoms with Gasteiger partial charge in [0.1, 0.15) is 0 Å². The first kappa shape index (κ1) is 19.8. The van der Waals surface area contributed by atoms with E-state index in [1.54, 1.807) is 23.9 Å². The van der Waals surface area contributed by atoms with Crippen molar-refractivity contribution in [3.8, 4) is 0 Å². The Bertz CT molecular complexity index is 908. The van der Waals surface area contributed by atoms with Crippen LogP contribution in [-0.2, 0) is 4.79 Å². The lowest BCUT2D eigenvalue weighted by molar-refractivity contribution is -0.122. The lowest BCUT2D eigenvalue weighted by Gasteiger charge is -2.12. The van der Waals surface area contributed by atoms with Crippen molar-refractivity contribution in [2.75, 3.05) is 19.3 Å². The summed E-state index contributed by atoms with van der Waals surface area (Å²) in [6, 6.07) is 10.9. The van der Waals surface area contributed by atoms with Gasteiger partial charge in [0.15, 0.2) is 10.4 Å². The number of thioether (sulfide) groups is 2. The van der Waals surface area contributed by atoms with Crippen molar-refractivity contribution in [2.24, 2.45) is 0 Å². The maximum absolute atomic E-state index is 12.5. The molecule has 0 radical (unpaired) electrons. The van der Waals surface area contributed by atoms with E-state index >= 15 is 0 Å². The van der Waals surface area contributed by atoms with Crippen molar-refractivity contribution in [1.29, 1.82) is 0 Å². The number of carbonyl (C=O) groups excluding carboxylic acids is 3. The van der Waals surface area contributed by atoms with Gasteiger partial charge >= 0.3 is 0 Å². The maximum Gasteiger partial charge on any atom is 0.293 e. The monoisotopic (exact) mass is 466 g/mol. The number of nitrogens with one attached hydrogen (secondary N) is 1. The average Bonchev–Trinajstić information content (AvgIpc) is 3.21. The summed E-state index contributed by atoms with van der Waals surface area (Å²) in [5.74, 6) is -0.601. The Hall–Kier alpha value is -1.97. The van der Waals surface area contributed by atoms with Crippen LogP contribution in [0.1, 0.15) is 16.1 Å². The van der Waals surface area contributed by atoms with Crippen LogP contribution in [0.25, 0.3) is 6.08 Å². The van der Waals surface area contributed by atoms with E-state index in [0.29, 0.717) is 9.57 Å². The number of amides is 3. The van der Waals surface area contributed by atoms with E-state index in [4.69, 9.17) is 4.42 Å². The van der Waals surface area contributed by atoms with Gasteiger partial charge in [0, 0.05) is 18.0 Å². The van der Waals surface area contributed by atoms with Gasteiger partial charge in [-0.1, -0.05) is 12.1 Å². The Balaban J connectivity index is 1.58. The molecule has 0 spiro atoms. The normalized spacial score (nSPS) is 15.6. The molecule has 3 rings (SSSR count). The van der Waals surface area contributed by atoms with Crippen LogP contribution >= 0.6 is 39.5 Å². The molecule has 0 aliphatic carbocycles. The third-order valence-electron chi connectivity index (χ3n) is 3.71. The summed E-state index contributed by atoms with van der Waals surface area (Å²) >= 11 is 5.66. The lowest BCUT2D eigenvalue weighted by atomic mass is 10.2. The third-order valence-corrected chi connectivity index (χ3v) is 5.78. The van der Waals surface area contributed by atoms with Crippen molar-refractivity contribution in [1.82, 2.24) is 10.2 Å². The topological polar surface area (TPSA) is 79.6 Å². The number of halogens is 1. The molecule has 6 nitrogen and oxygen atoms in total. The van der Waals surface area contributed by atoms with Crippen LogP contribution in [-0.4, -0.2) is 41.3 Å². The molecular weight excluding hydrogens is 452 g/mol. The zero-order valence-electron chi connectivity index (χ0n) is 14.2. The van der Waals surface area contributed by atoms with Gasteiger partial charge in [-0.3, -0.25) is 19.3 Å². The van der Waals surface area contributed by atoms with Crippen LogP contribution in [0.2, 0.25) is 0 Å². The summed E-state index contributed by atoms with van der Waals surface area (Å²) in [5.41, 5.74) is 0.856. The van der Waals surface area contributed by atoms with Gasteiger partial charge in [-0.25, -0.2) is 0 Å². The molecular formula is C18H15BrN2O4S2. The van der Waals surface area contributed by atoms with E-state index < -0.39 is 5.91 Å². The predicted octanol–water partition coefficient (Wildman–Crippen LogP) is 4.23. The van der Waals surface area contributed by atoms with Crippen molar-refractivity contribution in [2.45, 2.75) is 4.90 Å². The van der Waals surface area contributed by atoms with Gasteiger partial charge in [-0.15, -0.1) is 11.8 Å². The predicted molar refractivity (Wildman–Crippen MR) is 110 cm³/mol. The molecule has 0 unspecified atom stereocenters. The molecule has 1 saturated heterocycles. The summed E-state index contributed by atoms with van der Waals surface area (Å²) in [5, 5.41) is 2.28. The fourth-order valence-corrected chi connectivity index (χ4v) is 3.93. The molecule has 2 aromatic rings. The molecule has 140 valence electrons. The second kappa shape index (κ2) is 8.81. The van der Waals surface area contributed by atoms with Crippen LogP contribution in [0.4, 0.5) is 4.79 Å². The first-order chi connectivity index (χ1) is 13.0. The number of benzene rings is 1. The van der Waals surface area contributed by atoms with E-state index in [2.05, 4.69) is 21.2 Å². The average molecular weight is 467 g/mol. The molecule has 1 aliphatic rings. The van der Waals surface area contributed by atoms with Gasteiger partial charge in [0.25, 0.3) is 17.1 Å². The fourth-order valence-electron chi connectivity index (χ4n) is 2.35. The highest BCUT2D eigenvalue weighted by Crippen LogP contribution is 2.32. The molecule has 1 aromatic carbocycles. The second-order valence-corrected chi connectivity index (χ2v) is 8.12. The quantitative estimate of drug-likeness (QED) is 0.506. The highest BCUT2D eigenvalue weighted by molar-refractivity contribution is 9.10. The summed E-state index contributed by atoms with van der Waals surface area (Å²) in [6.45, 7) is 0.242. The number of hydrogen-bond donors (Lipinski definition) is 1. The third kappa shape index (κ3) is 4.85. The van der Waals surface area contributed by atoms with E-state index in [0.717, 1.165) is 27.1 Å². The zero-order chi connectivity index (χ0) is 19.4. The molecule has 1 aromatic heterocycles. The maximum atomic E-state index is 12.5. The van der Waals surface area contributed by atoms with Gasteiger partial charge in [-0.2, -0.15) is 0 Å². The van der Waals surface area contributed by atoms with E-state index in [1.165, 1.54) is 6.07 Å². The minimum absolute atomic E-state index is 0.0983. The minimum atomic E-state index is -0.405. The van der Waals surface area contributed by atoms with Crippen molar-refractivity contribution in [3.63, 3.8) is 0 Å². The van der Waals surface area contributed by atoms with Crippen LogP contribution in [0, 0.1) is 0 Å². The minimum Gasteiger partial charge on any atom is -0.444 e. The molecule has 9 heteroatoms. The molecule has 3 amide bonds. The molecule has 27 heavy (non-hydrogen) atoms. The molecule has 0 saturated carbocycles. The standard InChI is InChI=1S/C18H15BrN2O4S2/c1-26-12-4-2-11(3-5-12)10-14-17(23)21(18(24)27-14)9-8-20-16(22)13-6-7-15(19)25-13/h2-7,10H,8-9H2,1H3,(H,20,22). The van der Waals surface area contributed by atoms with Gasteiger partial charge in [0.05, 0.1) is 4.91 Å². The molecule has 0 bridgehead atoms. The van der Waals surface area contributed by atoms with Crippen molar-refractivity contribution >= 4 is 62.6 Å². The number of imide groups is 1. The van der Waals surface area contributed by atoms with Crippen LogP contribution in [0.3, 0.4) is 0 Å². The van der Waals surface area contributed by atoms with Gasteiger partial charge in [0.2, 0.25) is 0 Å². The summed E-state index contributed by atoms with van der Waals surface area (Å²) in [4.78, 5) is 39.1. The van der Waals surface area contributed by atoms with Crippen LogP contribution in [0.15, 0.2) is 55.3 Å². The van der Waals surface area contributed by atoms with Crippen molar-refractivity contribution < 1.29 is 18.8 Å². The van der Waals surface area contributed by atoms with E-state index in [1.807, 2.05) is 30.5 Å². The molecule has 1 fully saturated rings. The summed E-state index contributed by atoms with van der Waals surface area (Å²) in [6.07, 6.45) is 3.69. The number of hydrogen-bond acceptors (Lipinski definition) is 6. The molecule has 1 aliphatic heterocycles.